The molecule has 2 heterocycles. The van der Waals surface area contributed by atoms with E-state index in [0.717, 1.165) is 17.1 Å². The highest BCUT2D eigenvalue weighted by molar-refractivity contribution is 5.69. The Morgan fingerprint density at radius 1 is 1.38 bits per heavy atom. The summed E-state index contributed by atoms with van der Waals surface area (Å²) in [6, 6.07) is 6.46. The molecule has 1 aliphatic rings. The highest BCUT2D eigenvalue weighted by Gasteiger charge is 2.39. The number of carbonyl (C=O) groups excluding carboxylic acids is 1. The molecule has 0 radical (unpaired) electrons. The van der Waals surface area contributed by atoms with Gasteiger partial charge in [0.05, 0.1) is 29.3 Å². The van der Waals surface area contributed by atoms with Crippen molar-refractivity contribution in [3.63, 3.8) is 0 Å². The van der Waals surface area contributed by atoms with Crippen LogP contribution in [0.3, 0.4) is 0 Å². The molecule has 1 N–H and O–H groups in total. The molecule has 0 saturated heterocycles. The fraction of sp³-hybridized carbons (Fsp3) is 0.400. The average molecular weight is 400 g/mol. The first kappa shape index (κ1) is 20.4. The topological polar surface area (TPSA) is 109 Å². The molecule has 0 bridgehead atoms. The van der Waals surface area contributed by atoms with Crippen molar-refractivity contribution in [2.45, 2.75) is 33.1 Å². The number of methoxy groups -OCH3 is 1. The molecule has 3 rings (SSSR count). The molecule has 2 aromatic rings. The van der Waals surface area contributed by atoms with E-state index in [1.165, 1.54) is 13.2 Å². The lowest BCUT2D eigenvalue weighted by Gasteiger charge is -2.28. The van der Waals surface area contributed by atoms with E-state index in [0.29, 0.717) is 23.6 Å². The Morgan fingerprint density at radius 3 is 2.69 bits per heavy atom. The third-order valence-electron chi connectivity index (χ3n) is 4.79. The van der Waals surface area contributed by atoms with Crippen LogP contribution in [0.5, 0.6) is 0 Å². The molecule has 0 fully saturated rings. The van der Waals surface area contributed by atoms with Crippen molar-refractivity contribution in [3.05, 3.63) is 62.7 Å². The number of nitro groups is 1. The van der Waals surface area contributed by atoms with E-state index < -0.39 is 17.0 Å². The summed E-state index contributed by atoms with van der Waals surface area (Å²) in [6.07, 6.45) is -0.213. The molecule has 0 amide bonds. The Balaban J connectivity index is 2.29. The van der Waals surface area contributed by atoms with Gasteiger partial charge in [0.2, 0.25) is 0 Å². The van der Waals surface area contributed by atoms with Crippen molar-refractivity contribution in [2.24, 2.45) is 13.0 Å². The van der Waals surface area contributed by atoms with Gasteiger partial charge in [0.25, 0.3) is 5.69 Å². The summed E-state index contributed by atoms with van der Waals surface area (Å²) in [7, 11) is 3.03. The van der Waals surface area contributed by atoms with Gasteiger partial charge in [0, 0.05) is 24.2 Å². The minimum absolute atomic E-state index is 0.0523. The summed E-state index contributed by atoms with van der Waals surface area (Å²) in [5.74, 6) is 0.627. The normalized spacial score (nSPS) is 15.7. The number of nitrogens with one attached hydrogen (secondary N) is 1. The van der Waals surface area contributed by atoms with Crippen LogP contribution in [-0.2, 0) is 22.9 Å². The largest absolute Gasteiger partial charge is 0.513 e. The van der Waals surface area contributed by atoms with Crippen LogP contribution in [0.2, 0.25) is 0 Å². The van der Waals surface area contributed by atoms with Crippen molar-refractivity contribution in [1.82, 2.24) is 9.78 Å². The number of carbonyl (C=O) groups is 1. The molecular formula is C20H24N4O5. The lowest BCUT2D eigenvalue weighted by molar-refractivity contribution is -0.385. The van der Waals surface area contributed by atoms with Gasteiger partial charge in [-0.15, -0.1) is 0 Å². The first-order chi connectivity index (χ1) is 13.7. The van der Waals surface area contributed by atoms with Crippen molar-refractivity contribution in [2.75, 3.05) is 12.4 Å². The molecule has 1 aliphatic heterocycles. The summed E-state index contributed by atoms with van der Waals surface area (Å²) in [5, 5.41) is 19.6. The summed E-state index contributed by atoms with van der Waals surface area (Å²) in [6.45, 7) is 5.90. The van der Waals surface area contributed by atoms with E-state index in [-0.39, 0.29) is 11.4 Å². The Labute approximate surface area is 168 Å². The third-order valence-corrected chi connectivity index (χ3v) is 4.79. The number of benzene rings is 1. The fourth-order valence-corrected chi connectivity index (χ4v) is 3.63. The summed E-state index contributed by atoms with van der Waals surface area (Å²) in [5.41, 5.74) is 2.50. The van der Waals surface area contributed by atoms with Gasteiger partial charge in [-0.05, 0) is 19.3 Å². The molecule has 29 heavy (non-hydrogen) atoms. The number of aromatic nitrogens is 2. The minimum atomic E-state index is -0.887. The maximum Gasteiger partial charge on any atom is 0.513 e. The smallest absolute Gasteiger partial charge is 0.437 e. The van der Waals surface area contributed by atoms with Gasteiger partial charge in [0.15, 0.2) is 0 Å². The number of hydrogen-bond acceptors (Lipinski definition) is 7. The number of allylic oxidation sites excluding steroid dienone is 2. The first-order valence-electron chi connectivity index (χ1n) is 9.27. The average Bonchev–Trinajstić information content (AvgIpc) is 2.96. The van der Waals surface area contributed by atoms with E-state index >= 15 is 0 Å². The van der Waals surface area contributed by atoms with Crippen LogP contribution < -0.4 is 5.32 Å². The lowest BCUT2D eigenvalue weighted by Crippen LogP contribution is -2.23. The number of anilines is 1. The molecule has 0 spiro atoms. The van der Waals surface area contributed by atoms with E-state index in [1.54, 1.807) is 29.8 Å². The molecule has 1 aromatic heterocycles. The predicted molar refractivity (Wildman–Crippen MR) is 107 cm³/mol. The second-order valence-electron chi connectivity index (χ2n) is 7.35. The van der Waals surface area contributed by atoms with Crippen LogP contribution in [0.1, 0.15) is 43.5 Å². The van der Waals surface area contributed by atoms with Crippen LogP contribution in [0.15, 0.2) is 35.7 Å². The van der Waals surface area contributed by atoms with Gasteiger partial charge in [-0.1, -0.05) is 32.0 Å². The number of para-hydroxylation sites is 1. The van der Waals surface area contributed by atoms with Gasteiger partial charge in [-0.3, -0.25) is 14.8 Å². The zero-order chi connectivity index (χ0) is 21.3. The quantitative estimate of drug-likeness (QED) is 0.457. The summed E-state index contributed by atoms with van der Waals surface area (Å²) < 4.78 is 11.9. The molecule has 0 saturated carbocycles. The number of aryl methyl sites for hydroxylation is 1. The molecular weight excluding hydrogens is 376 g/mol. The van der Waals surface area contributed by atoms with Crippen molar-refractivity contribution >= 4 is 17.7 Å². The lowest BCUT2D eigenvalue weighted by atomic mass is 9.84. The van der Waals surface area contributed by atoms with E-state index in [1.807, 2.05) is 7.05 Å². The zero-order valence-electron chi connectivity index (χ0n) is 17.1. The van der Waals surface area contributed by atoms with Gasteiger partial charge in [-0.2, -0.15) is 5.10 Å². The van der Waals surface area contributed by atoms with E-state index in [4.69, 9.17) is 4.74 Å². The predicted octanol–water partition coefficient (Wildman–Crippen LogP) is 4.10. The highest BCUT2D eigenvalue weighted by atomic mass is 16.7. The van der Waals surface area contributed by atoms with E-state index in [2.05, 4.69) is 29.0 Å². The molecule has 154 valence electrons. The van der Waals surface area contributed by atoms with Gasteiger partial charge in [0.1, 0.15) is 11.6 Å². The van der Waals surface area contributed by atoms with Crippen molar-refractivity contribution in [1.29, 1.82) is 0 Å². The Morgan fingerprint density at radius 2 is 2.07 bits per heavy atom. The molecule has 1 atom stereocenters. The SMILES string of the molecule is COC(=O)OC1=C(C)Nc2c(c(CC(C)C)nn2C)C1c1ccccc1[N+](=O)[O-]. The monoisotopic (exact) mass is 400 g/mol. The van der Waals surface area contributed by atoms with Crippen molar-refractivity contribution < 1.29 is 19.2 Å². The molecule has 0 aliphatic carbocycles. The number of nitrogens with zero attached hydrogens (tertiary/aromatic N) is 3. The molecule has 1 unspecified atom stereocenters. The second-order valence-corrected chi connectivity index (χ2v) is 7.35. The minimum Gasteiger partial charge on any atom is -0.437 e. The Hall–Kier alpha value is -3.36. The second kappa shape index (κ2) is 7.94. The first-order valence-corrected chi connectivity index (χ1v) is 9.27. The number of ether oxygens (including phenoxy) is 2. The van der Waals surface area contributed by atoms with Crippen LogP contribution >= 0.6 is 0 Å². The van der Waals surface area contributed by atoms with Crippen LogP contribution in [0.25, 0.3) is 0 Å². The summed E-state index contributed by atoms with van der Waals surface area (Å²) >= 11 is 0. The van der Waals surface area contributed by atoms with Crippen LogP contribution in [-0.4, -0.2) is 28.0 Å². The highest BCUT2D eigenvalue weighted by Crippen LogP contribution is 2.46. The van der Waals surface area contributed by atoms with Gasteiger partial charge < -0.3 is 14.8 Å². The van der Waals surface area contributed by atoms with E-state index in [9.17, 15) is 14.9 Å². The molecule has 1 aromatic carbocycles. The number of nitro benzene ring substituents is 1. The third kappa shape index (κ3) is 3.80. The maximum atomic E-state index is 11.9. The number of fused-ring (bicyclic) bond motifs is 1. The standard InChI is InChI=1S/C20H24N4O5/c1-11(2)10-14-17-16(13-8-6-7-9-15(13)24(26)27)18(29-20(25)28-5)12(3)21-19(17)23(4)22-14/h6-9,11,16,21H,10H2,1-5H3. The van der Waals surface area contributed by atoms with Gasteiger partial charge >= 0.3 is 6.16 Å². The maximum absolute atomic E-state index is 11.9. The van der Waals surface area contributed by atoms with Crippen LogP contribution in [0.4, 0.5) is 16.3 Å². The Bertz CT molecular complexity index is 993. The number of rotatable bonds is 5. The molecule has 9 heteroatoms. The molecule has 9 nitrogen and oxygen atoms in total. The summed E-state index contributed by atoms with van der Waals surface area (Å²) in [4.78, 5) is 23.2. The van der Waals surface area contributed by atoms with Gasteiger partial charge in [-0.25, -0.2) is 4.79 Å². The number of hydrogen-bond donors (Lipinski definition) is 1. The zero-order valence-corrected chi connectivity index (χ0v) is 17.1. The van der Waals surface area contributed by atoms with Crippen molar-refractivity contribution in [3.8, 4) is 0 Å². The van der Waals surface area contributed by atoms with Crippen LogP contribution in [0, 0.1) is 16.0 Å². The Kier molecular flexibility index (Phi) is 5.58. The fourth-order valence-electron chi connectivity index (χ4n) is 3.63.